The average molecular weight is 372 g/mol. The Morgan fingerprint density at radius 2 is 2.00 bits per heavy atom. The summed E-state index contributed by atoms with van der Waals surface area (Å²) in [6.07, 6.45) is 1.41. The molecule has 124 valence electrons. The summed E-state index contributed by atoms with van der Waals surface area (Å²) in [4.78, 5) is 4.16. The number of aromatic nitrogens is 2. The number of phenolic OH excluding ortho intramolecular Hbond substituents is 1. The van der Waals surface area contributed by atoms with Gasteiger partial charge in [0, 0.05) is 27.5 Å². The van der Waals surface area contributed by atoms with Gasteiger partial charge in [0.2, 0.25) is 0 Å². The van der Waals surface area contributed by atoms with Gasteiger partial charge in [-0.05, 0) is 36.4 Å². The number of nitrogens with one attached hydrogen (secondary N) is 2. The van der Waals surface area contributed by atoms with E-state index in [-0.39, 0.29) is 17.1 Å². The fourth-order valence-electron chi connectivity index (χ4n) is 2.09. The van der Waals surface area contributed by atoms with Gasteiger partial charge in [-0.15, -0.1) is 0 Å². The summed E-state index contributed by atoms with van der Waals surface area (Å²) in [5.74, 6) is 0.584. The van der Waals surface area contributed by atoms with Gasteiger partial charge in [-0.25, -0.2) is 4.99 Å². The number of nitriles is 1. The van der Waals surface area contributed by atoms with Gasteiger partial charge in [-0.3, -0.25) is 5.10 Å². The van der Waals surface area contributed by atoms with E-state index in [2.05, 4.69) is 26.6 Å². The Morgan fingerprint density at radius 3 is 2.72 bits per heavy atom. The SMILES string of the molecule is N#Cc1c(N=Cc2ccc(Cl)cc2O)n[nH]c1Nc1cccc(Cl)c1. The van der Waals surface area contributed by atoms with Crippen LogP contribution in [0, 0.1) is 11.3 Å². The summed E-state index contributed by atoms with van der Waals surface area (Å²) < 4.78 is 0. The van der Waals surface area contributed by atoms with Crippen molar-refractivity contribution in [3.05, 3.63) is 63.6 Å². The van der Waals surface area contributed by atoms with Crippen LogP contribution >= 0.6 is 23.2 Å². The highest BCUT2D eigenvalue weighted by Gasteiger charge is 2.12. The fourth-order valence-corrected chi connectivity index (χ4v) is 2.45. The maximum Gasteiger partial charge on any atom is 0.193 e. The molecule has 0 bridgehead atoms. The topological polar surface area (TPSA) is 97.1 Å². The van der Waals surface area contributed by atoms with Gasteiger partial charge < -0.3 is 10.4 Å². The molecule has 0 fully saturated rings. The van der Waals surface area contributed by atoms with Crippen molar-refractivity contribution in [1.29, 1.82) is 5.26 Å². The van der Waals surface area contributed by atoms with E-state index in [0.717, 1.165) is 0 Å². The summed E-state index contributed by atoms with van der Waals surface area (Å²) in [7, 11) is 0. The number of phenols is 1. The molecule has 0 spiro atoms. The minimum Gasteiger partial charge on any atom is -0.507 e. The zero-order valence-electron chi connectivity index (χ0n) is 12.7. The zero-order valence-corrected chi connectivity index (χ0v) is 14.2. The molecule has 25 heavy (non-hydrogen) atoms. The number of halogens is 2. The first kappa shape index (κ1) is 16.8. The van der Waals surface area contributed by atoms with Gasteiger partial charge in [-0.1, -0.05) is 29.3 Å². The third-order valence-corrected chi connectivity index (χ3v) is 3.74. The van der Waals surface area contributed by atoms with E-state index in [0.29, 0.717) is 27.1 Å². The van der Waals surface area contributed by atoms with Crippen molar-refractivity contribution in [2.45, 2.75) is 0 Å². The molecule has 3 N–H and O–H groups in total. The minimum atomic E-state index is -0.0115. The number of aliphatic imine (C=N–C) groups is 1. The van der Waals surface area contributed by atoms with Gasteiger partial charge in [0.15, 0.2) is 5.82 Å². The number of hydrogen-bond acceptors (Lipinski definition) is 5. The largest absolute Gasteiger partial charge is 0.507 e. The lowest BCUT2D eigenvalue weighted by Crippen LogP contribution is -1.92. The van der Waals surface area contributed by atoms with Gasteiger partial charge in [0.25, 0.3) is 0 Å². The third-order valence-electron chi connectivity index (χ3n) is 3.27. The lowest BCUT2D eigenvalue weighted by atomic mass is 10.2. The van der Waals surface area contributed by atoms with Gasteiger partial charge in [0.05, 0.1) is 0 Å². The number of nitrogens with zero attached hydrogens (tertiary/aromatic N) is 3. The van der Waals surface area contributed by atoms with Crippen LogP contribution < -0.4 is 5.32 Å². The van der Waals surface area contributed by atoms with Crippen LogP contribution in [0.25, 0.3) is 0 Å². The number of aromatic hydroxyl groups is 1. The number of rotatable bonds is 4. The molecule has 0 saturated heterocycles. The molecule has 3 aromatic rings. The summed E-state index contributed by atoms with van der Waals surface area (Å²) >= 11 is 11.7. The summed E-state index contributed by atoms with van der Waals surface area (Å²) in [5, 5.41) is 30.0. The molecule has 0 aliphatic carbocycles. The first-order chi connectivity index (χ1) is 12.1. The molecule has 0 aliphatic rings. The number of benzene rings is 2. The van der Waals surface area contributed by atoms with E-state index >= 15 is 0 Å². The predicted octanol–water partition coefficient (Wildman–Crippen LogP) is 4.79. The van der Waals surface area contributed by atoms with Crippen molar-refractivity contribution < 1.29 is 5.11 Å². The van der Waals surface area contributed by atoms with Crippen LogP contribution in [0.1, 0.15) is 11.1 Å². The fraction of sp³-hybridized carbons (Fsp3) is 0. The Kier molecular flexibility index (Phi) is 4.89. The predicted molar refractivity (Wildman–Crippen MR) is 98.4 cm³/mol. The smallest absolute Gasteiger partial charge is 0.193 e. The van der Waals surface area contributed by atoms with Crippen molar-refractivity contribution in [3.8, 4) is 11.8 Å². The van der Waals surface area contributed by atoms with Crippen LogP contribution in [0.4, 0.5) is 17.3 Å². The number of aromatic amines is 1. The molecule has 0 radical (unpaired) electrons. The zero-order chi connectivity index (χ0) is 17.8. The second-order valence-corrected chi connectivity index (χ2v) is 5.88. The highest BCUT2D eigenvalue weighted by Crippen LogP contribution is 2.27. The van der Waals surface area contributed by atoms with E-state index in [1.165, 1.54) is 12.3 Å². The normalized spacial score (nSPS) is 10.8. The Morgan fingerprint density at radius 1 is 1.20 bits per heavy atom. The second kappa shape index (κ2) is 7.26. The van der Waals surface area contributed by atoms with Crippen LogP contribution in [0.5, 0.6) is 5.75 Å². The van der Waals surface area contributed by atoms with E-state index in [1.54, 1.807) is 30.3 Å². The molecule has 1 heterocycles. The van der Waals surface area contributed by atoms with Crippen LogP contribution in [0.15, 0.2) is 47.5 Å². The van der Waals surface area contributed by atoms with Crippen LogP contribution in [-0.4, -0.2) is 21.5 Å². The summed E-state index contributed by atoms with van der Waals surface area (Å²) in [6, 6.07) is 13.8. The highest BCUT2D eigenvalue weighted by atomic mass is 35.5. The van der Waals surface area contributed by atoms with E-state index in [1.807, 2.05) is 6.07 Å². The van der Waals surface area contributed by atoms with Crippen molar-refractivity contribution in [3.63, 3.8) is 0 Å². The average Bonchev–Trinajstić information content (AvgIpc) is 2.95. The molecule has 0 amide bonds. The number of anilines is 2. The van der Waals surface area contributed by atoms with Gasteiger partial charge in [0.1, 0.15) is 23.2 Å². The Labute approximate surface area is 153 Å². The molecular weight excluding hydrogens is 361 g/mol. The number of H-pyrrole nitrogens is 1. The Bertz CT molecular complexity index is 991. The third kappa shape index (κ3) is 3.91. The summed E-state index contributed by atoms with van der Waals surface area (Å²) in [5.41, 5.74) is 1.41. The molecule has 3 rings (SSSR count). The lowest BCUT2D eigenvalue weighted by Gasteiger charge is -2.03. The molecule has 2 aromatic carbocycles. The van der Waals surface area contributed by atoms with Crippen molar-refractivity contribution >= 4 is 46.7 Å². The molecule has 0 atom stereocenters. The molecule has 1 aromatic heterocycles. The maximum absolute atomic E-state index is 9.83. The molecular formula is C17H11Cl2N5O. The Hall–Kier alpha value is -3.01. The first-order valence-corrected chi connectivity index (χ1v) is 7.86. The van der Waals surface area contributed by atoms with E-state index < -0.39 is 0 Å². The number of hydrogen-bond donors (Lipinski definition) is 3. The van der Waals surface area contributed by atoms with Gasteiger partial charge >= 0.3 is 0 Å². The van der Waals surface area contributed by atoms with Crippen LogP contribution in [-0.2, 0) is 0 Å². The molecule has 0 unspecified atom stereocenters. The molecule has 6 nitrogen and oxygen atoms in total. The minimum absolute atomic E-state index is 0.0115. The Balaban J connectivity index is 1.87. The monoisotopic (exact) mass is 371 g/mol. The van der Waals surface area contributed by atoms with Crippen LogP contribution in [0.3, 0.4) is 0 Å². The van der Waals surface area contributed by atoms with Crippen LogP contribution in [0.2, 0.25) is 10.0 Å². The van der Waals surface area contributed by atoms with Crippen molar-refractivity contribution in [1.82, 2.24) is 10.2 Å². The summed E-state index contributed by atoms with van der Waals surface area (Å²) in [6.45, 7) is 0. The molecule has 0 aliphatic heterocycles. The van der Waals surface area contributed by atoms with Crippen molar-refractivity contribution in [2.24, 2.45) is 4.99 Å². The molecule has 8 heteroatoms. The standard InChI is InChI=1S/C17H11Cl2N5O/c18-11-2-1-3-13(6-11)22-17-14(8-20)16(23-24-17)21-9-10-4-5-12(19)7-15(10)25/h1-7,9,25H,(H2,22,23,24). The van der Waals surface area contributed by atoms with E-state index in [9.17, 15) is 10.4 Å². The highest BCUT2D eigenvalue weighted by molar-refractivity contribution is 6.31. The van der Waals surface area contributed by atoms with Gasteiger partial charge in [-0.2, -0.15) is 10.4 Å². The van der Waals surface area contributed by atoms with Crippen molar-refractivity contribution in [2.75, 3.05) is 5.32 Å². The quantitative estimate of drug-likeness (QED) is 0.574. The first-order valence-electron chi connectivity index (χ1n) is 7.10. The maximum atomic E-state index is 9.83. The lowest BCUT2D eigenvalue weighted by molar-refractivity contribution is 0.474. The molecule has 0 saturated carbocycles. The second-order valence-electron chi connectivity index (χ2n) is 5.01. The van der Waals surface area contributed by atoms with E-state index in [4.69, 9.17) is 23.2 Å².